The highest BCUT2D eigenvalue weighted by atomic mass is 79.9. The van der Waals surface area contributed by atoms with Gasteiger partial charge in [-0.05, 0) is 30.0 Å². The smallest absolute Gasteiger partial charge is 0.0464 e. The molecule has 0 heterocycles. The molecule has 1 nitrogen and oxygen atoms in total. The molecular weight excluding hydrogens is 286 g/mol. The molecule has 3 heteroatoms. The molecule has 1 rings (SSSR count). The van der Waals surface area contributed by atoms with Crippen molar-refractivity contribution in [1.82, 2.24) is 0 Å². The molecule has 0 amide bonds. The maximum Gasteiger partial charge on any atom is 0.0464 e. The van der Waals surface area contributed by atoms with E-state index >= 15 is 0 Å². The van der Waals surface area contributed by atoms with E-state index in [1.165, 1.54) is 12.8 Å². The first kappa shape index (κ1) is 14.0. The predicted octanol–water partition coefficient (Wildman–Crippen LogP) is 4.93. The van der Waals surface area contributed by atoms with Crippen LogP contribution in [-0.2, 0) is 0 Å². The van der Waals surface area contributed by atoms with Gasteiger partial charge >= 0.3 is 0 Å². The Kier molecular flexibility index (Phi) is 5.81. The fraction of sp³-hybridized carbons (Fsp3) is 0.538. The van der Waals surface area contributed by atoms with Crippen molar-refractivity contribution in [2.45, 2.75) is 39.2 Å². The second kappa shape index (κ2) is 6.63. The molecule has 16 heavy (non-hydrogen) atoms. The Labute approximate surface area is 111 Å². The molecule has 0 spiro atoms. The van der Waals surface area contributed by atoms with Crippen LogP contribution in [0.1, 0.15) is 44.7 Å². The van der Waals surface area contributed by atoms with E-state index in [1.54, 1.807) is 0 Å². The van der Waals surface area contributed by atoms with Crippen LogP contribution in [0.4, 0.5) is 0 Å². The maximum absolute atomic E-state index is 6.18. The van der Waals surface area contributed by atoms with Crippen molar-refractivity contribution in [3.63, 3.8) is 0 Å². The van der Waals surface area contributed by atoms with Gasteiger partial charge in [-0.3, -0.25) is 0 Å². The fourth-order valence-corrected chi connectivity index (χ4v) is 2.79. The van der Waals surface area contributed by atoms with Crippen molar-refractivity contribution in [3.05, 3.63) is 33.3 Å². The SMILES string of the molecule is CCCC(C)CC(N)c1ccc(Br)cc1Cl. The van der Waals surface area contributed by atoms with Gasteiger partial charge in [0.05, 0.1) is 0 Å². The second-order valence-electron chi connectivity index (χ2n) is 4.40. The Morgan fingerprint density at radius 1 is 1.44 bits per heavy atom. The van der Waals surface area contributed by atoms with Crippen molar-refractivity contribution < 1.29 is 0 Å². The largest absolute Gasteiger partial charge is 0.324 e. The average molecular weight is 305 g/mol. The molecule has 0 aliphatic heterocycles. The molecule has 0 radical (unpaired) electrons. The summed E-state index contributed by atoms with van der Waals surface area (Å²) in [5.41, 5.74) is 7.23. The Morgan fingerprint density at radius 2 is 2.12 bits per heavy atom. The predicted molar refractivity (Wildman–Crippen MR) is 74.8 cm³/mol. The average Bonchev–Trinajstić information content (AvgIpc) is 2.17. The molecule has 0 aliphatic rings. The lowest BCUT2D eigenvalue weighted by Gasteiger charge is -2.18. The summed E-state index contributed by atoms with van der Waals surface area (Å²) >= 11 is 9.57. The minimum absolute atomic E-state index is 0.0437. The van der Waals surface area contributed by atoms with Gasteiger partial charge in [0.2, 0.25) is 0 Å². The summed E-state index contributed by atoms with van der Waals surface area (Å²) in [5.74, 6) is 0.653. The highest BCUT2D eigenvalue weighted by Crippen LogP contribution is 2.29. The molecule has 90 valence electrons. The third-order valence-electron chi connectivity index (χ3n) is 2.80. The molecule has 0 bridgehead atoms. The van der Waals surface area contributed by atoms with Gasteiger partial charge in [-0.1, -0.05) is 60.3 Å². The first-order valence-electron chi connectivity index (χ1n) is 5.75. The normalized spacial score (nSPS) is 14.8. The van der Waals surface area contributed by atoms with Crippen LogP contribution in [0.25, 0.3) is 0 Å². The van der Waals surface area contributed by atoms with Crippen LogP contribution in [0.15, 0.2) is 22.7 Å². The first-order valence-corrected chi connectivity index (χ1v) is 6.92. The molecule has 0 saturated carbocycles. The molecule has 2 N–H and O–H groups in total. The number of rotatable bonds is 5. The van der Waals surface area contributed by atoms with E-state index in [2.05, 4.69) is 29.8 Å². The van der Waals surface area contributed by atoms with E-state index in [0.29, 0.717) is 5.92 Å². The zero-order valence-corrected chi connectivity index (χ0v) is 12.2. The van der Waals surface area contributed by atoms with Gasteiger partial charge in [0.15, 0.2) is 0 Å². The molecular formula is C13H19BrClN. The number of nitrogens with two attached hydrogens (primary N) is 1. The highest BCUT2D eigenvalue weighted by Gasteiger charge is 2.13. The summed E-state index contributed by atoms with van der Waals surface area (Å²) in [6, 6.07) is 5.95. The summed E-state index contributed by atoms with van der Waals surface area (Å²) < 4.78 is 0.995. The van der Waals surface area contributed by atoms with Gasteiger partial charge in [-0.25, -0.2) is 0 Å². The van der Waals surface area contributed by atoms with Crippen LogP contribution in [0, 0.1) is 5.92 Å². The van der Waals surface area contributed by atoms with Crippen LogP contribution in [-0.4, -0.2) is 0 Å². The second-order valence-corrected chi connectivity index (χ2v) is 5.72. The van der Waals surface area contributed by atoms with E-state index < -0.39 is 0 Å². The molecule has 1 aromatic carbocycles. The van der Waals surface area contributed by atoms with Crippen molar-refractivity contribution in [2.24, 2.45) is 11.7 Å². The van der Waals surface area contributed by atoms with E-state index in [9.17, 15) is 0 Å². The summed E-state index contributed by atoms with van der Waals surface area (Å²) in [7, 11) is 0. The van der Waals surface area contributed by atoms with Gasteiger partial charge in [-0.15, -0.1) is 0 Å². The van der Waals surface area contributed by atoms with E-state index in [0.717, 1.165) is 21.5 Å². The highest BCUT2D eigenvalue weighted by molar-refractivity contribution is 9.10. The summed E-state index contributed by atoms with van der Waals surface area (Å²) in [5, 5.41) is 0.755. The van der Waals surface area contributed by atoms with Gasteiger partial charge in [0.25, 0.3) is 0 Å². The van der Waals surface area contributed by atoms with Gasteiger partial charge in [0, 0.05) is 15.5 Å². The van der Waals surface area contributed by atoms with E-state index in [-0.39, 0.29) is 6.04 Å². The Balaban J connectivity index is 2.69. The molecule has 0 fully saturated rings. The van der Waals surface area contributed by atoms with Crippen molar-refractivity contribution >= 4 is 27.5 Å². The third-order valence-corrected chi connectivity index (χ3v) is 3.62. The number of halogens is 2. The van der Waals surface area contributed by atoms with E-state index in [4.69, 9.17) is 17.3 Å². The molecule has 2 atom stereocenters. The Hall–Kier alpha value is -0.0500. The lowest BCUT2D eigenvalue weighted by molar-refractivity contribution is 0.440. The van der Waals surface area contributed by atoms with E-state index in [1.807, 2.05) is 18.2 Å². The molecule has 0 aromatic heterocycles. The Morgan fingerprint density at radius 3 is 2.69 bits per heavy atom. The summed E-state index contributed by atoms with van der Waals surface area (Å²) in [6.45, 7) is 4.45. The minimum atomic E-state index is 0.0437. The lowest BCUT2D eigenvalue weighted by atomic mass is 9.93. The zero-order chi connectivity index (χ0) is 12.1. The van der Waals surface area contributed by atoms with Crippen LogP contribution in [0.2, 0.25) is 5.02 Å². The van der Waals surface area contributed by atoms with Crippen LogP contribution in [0.5, 0.6) is 0 Å². The van der Waals surface area contributed by atoms with Crippen LogP contribution >= 0.6 is 27.5 Å². The van der Waals surface area contributed by atoms with Crippen LogP contribution < -0.4 is 5.73 Å². The van der Waals surface area contributed by atoms with Gasteiger partial charge < -0.3 is 5.73 Å². The van der Waals surface area contributed by atoms with Crippen molar-refractivity contribution in [1.29, 1.82) is 0 Å². The van der Waals surface area contributed by atoms with Crippen molar-refractivity contribution in [3.8, 4) is 0 Å². The van der Waals surface area contributed by atoms with Gasteiger partial charge in [0.1, 0.15) is 0 Å². The first-order chi connectivity index (χ1) is 7.54. The number of hydrogen-bond acceptors (Lipinski definition) is 1. The summed E-state index contributed by atoms with van der Waals surface area (Å²) in [6.07, 6.45) is 3.43. The van der Waals surface area contributed by atoms with Gasteiger partial charge in [-0.2, -0.15) is 0 Å². The topological polar surface area (TPSA) is 26.0 Å². The number of benzene rings is 1. The van der Waals surface area contributed by atoms with Crippen LogP contribution in [0.3, 0.4) is 0 Å². The lowest BCUT2D eigenvalue weighted by Crippen LogP contribution is -2.14. The molecule has 2 unspecified atom stereocenters. The summed E-state index contributed by atoms with van der Waals surface area (Å²) in [4.78, 5) is 0. The monoisotopic (exact) mass is 303 g/mol. The van der Waals surface area contributed by atoms with Crippen molar-refractivity contribution in [2.75, 3.05) is 0 Å². The molecule has 0 saturated heterocycles. The number of hydrogen-bond donors (Lipinski definition) is 1. The fourth-order valence-electron chi connectivity index (χ4n) is 1.97. The standard InChI is InChI=1S/C13H19BrClN/c1-3-4-9(2)7-13(16)11-6-5-10(14)8-12(11)15/h5-6,8-9,13H,3-4,7,16H2,1-2H3. The third kappa shape index (κ3) is 4.08. The maximum atomic E-state index is 6.18. The molecule has 1 aromatic rings. The minimum Gasteiger partial charge on any atom is -0.324 e. The zero-order valence-electron chi connectivity index (χ0n) is 9.84. The molecule has 0 aliphatic carbocycles. The quantitative estimate of drug-likeness (QED) is 0.820. The Bertz CT molecular complexity index is 341.